The highest BCUT2D eigenvalue weighted by Gasteiger charge is 2.46. The molecule has 0 N–H and O–H groups in total. The van der Waals surface area contributed by atoms with Crippen molar-refractivity contribution in [1.29, 1.82) is 0 Å². The summed E-state index contributed by atoms with van der Waals surface area (Å²) in [7, 11) is 0. The summed E-state index contributed by atoms with van der Waals surface area (Å²) >= 11 is 0. The van der Waals surface area contributed by atoms with Gasteiger partial charge >= 0.3 is 0 Å². The SMILES string of the molecule is CC(C)(C)c1cc2c3c(c1)N(c1c(-c4ccccc4-c4ccccc4)cccc1-c1ccccc1-c1ccccc1)c1ccc(-n4c5ccccc5c5ccccc54)cc1B3c1ccc(-n3c4ccccc4c4ccccc43)cc1N2c1c(-c2ccccc2)cccc1-c1ccccc1. The molecular formula is C94H67BN4. The summed E-state index contributed by atoms with van der Waals surface area (Å²) in [5, 5.41) is 4.91. The zero-order valence-corrected chi connectivity index (χ0v) is 55.4. The van der Waals surface area contributed by atoms with Crippen molar-refractivity contribution >= 4 is 101 Å². The molecule has 19 rings (SSSR count). The molecule has 5 heteroatoms. The van der Waals surface area contributed by atoms with Gasteiger partial charge in [0.05, 0.1) is 33.4 Å². The summed E-state index contributed by atoms with van der Waals surface area (Å²) in [5.74, 6) is 0. The van der Waals surface area contributed by atoms with Crippen LogP contribution in [-0.2, 0) is 5.41 Å². The third-order valence-electron chi connectivity index (χ3n) is 20.9. The first-order chi connectivity index (χ1) is 48.8. The zero-order chi connectivity index (χ0) is 65.9. The Morgan fingerprint density at radius 3 is 1.01 bits per heavy atom. The molecule has 0 atom stereocenters. The van der Waals surface area contributed by atoms with Gasteiger partial charge in [-0.15, -0.1) is 0 Å². The van der Waals surface area contributed by atoms with Gasteiger partial charge in [-0.05, 0) is 139 Å². The van der Waals surface area contributed by atoms with Gasteiger partial charge in [0, 0.05) is 77.9 Å². The number of para-hydroxylation sites is 6. The predicted octanol–water partition coefficient (Wildman–Crippen LogP) is 23.3. The molecule has 17 aromatic rings. The van der Waals surface area contributed by atoms with E-state index in [1.165, 1.54) is 76.7 Å². The number of anilines is 6. The lowest BCUT2D eigenvalue weighted by atomic mass is 9.33. The maximum absolute atomic E-state index is 2.71. The number of fused-ring (bicyclic) bond motifs is 10. The normalized spacial score (nSPS) is 12.5. The fourth-order valence-corrected chi connectivity index (χ4v) is 16.4. The average molecular weight is 1260 g/mol. The Bertz CT molecular complexity index is 5770. The van der Waals surface area contributed by atoms with E-state index < -0.39 is 0 Å². The zero-order valence-electron chi connectivity index (χ0n) is 55.4. The average Bonchev–Trinajstić information content (AvgIpc) is 1.01. The van der Waals surface area contributed by atoms with Crippen LogP contribution in [0.25, 0.3) is 122 Å². The van der Waals surface area contributed by atoms with Gasteiger partial charge in [-0.3, -0.25) is 0 Å². The van der Waals surface area contributed by atoms with E-state index in [9.17, 15) is 0 Å². The Kier molecular flexibility index (Phi) is 13.6. The van der Waals surface area contributed by atoms with Gasteiger partial charge in [-0.2, -0.15) is 0 Å². The van der Waals surface area contributed by atoms with E-state index >= 15 is 0 Å². The van der Waals surface area contributed by atoms with Gasteiger partial charge in [0.25, 0.3) is 6.71 Å². The van der Waals surface area contributed by atoms with Crippen molar-refractivity contribution in [1.82, 2.24) is 9.13 Å². The van der Waals surface area contributed by atoms with Crippen molar-refractivity contribution in [3.63, 3.8) is 0 Å². The third-order valence-corrected chi connectivity index (χ3v) is 20.9. The standard InChI is InChI=1S/C94H67BN4/c1-94(2,3)66-58-89-91-90(59-66)99(92-71(64-34-12-6-13-35-64)46-28-47-72(92)65-36-14-7-15-37-65)88-61-68(97-85-52-26-22-44-77(85)78-45-23-27-53-86(78)97)54-56-81(88)95(91)82-60-67(96-83-50-24-20-42-75(83)76-43-21-25-51-84(76)96)55-57-87(82)98(89)93-79(73-40-18-16-38-69(73)62-30-8-4-9-31-62)48-29-49-80(93)74-41-19-17-39-70(74)63-32-10-5-11-33-63/h4-61H,1-3H3. The van der Waals surface area contributed by atoms with Crippen LogP contribution < -0.4 is 26.2 Å². The smallest absolute Gasteiger partial charge is 0.252 e. The molecule has 2 aliphatic heterocycles. The highest BCUT2D eigenvalue weighted by Crippen LogP contribution is 2.55. The monoisotopic (exact) mass is 1260 g/mol. The van der Waals surface area contributed by atoms with E-state index in [2.05, 4.69) is 392 Å². The van der Waals surface area contributed by atoms with Crippen LogP contribution >= 0.6 is 0 Å². The van der Waals surface area contributed by atoms with E-state index in [0.29, 0.717) is 0 Å². The molecule has 0 fully saturated rings. The Morgan fingerprint density at radius 1 is 0.242 bits per heavy atom. The van der Waals surface area contributed by atoms with Crippen LogP contribution in [0.5, 0.6) is 0 Å². The summed E-state index contributed by atoms with van der Waals surface area (Å²) in [6, 6.07) is 132. The first-order valence-electron chi connectivity index (χ1n) is 34.5. The topological polar surface area (TPSA) is 16.3 Å². The predicted molar refractivity (Wildman–Crippen MR) is 420 cm³/mol. The van der Waals surface area contributed by atoms with E-state index in [4.69, 9.17) is 0 Å². The maximum Gasteiger partial charge on any atom is 0.252 e. The van der Waals surface area contributed by atoms with Gasteiger partial charge in [0.15, 0.2) is 0 Å². The molecule has 99 heavy (non-hydrogen) atoms. The van der Waals surface area contributed by atoms with Crippen molar-refractivity contribution < 1.29 is 0 Å². The molecule has 0 radical (unpaired) electrons. The number of benzene rings is 15. The molecule has 4 nitrogen and oxygen atoms in total. The van der Waals surface area contributed by atoms with Crippen LogP contribution in [0, 0.1) is 0 Å². The Hall–Kier alpha value is -12.4. The van der Waals surface area contributed by atoms with Crippen LogP contribution in [-0.4, -0.2) is 15.8 Å². The number of aromatic nitrogens is 2. The maximum atomic E-state index is 2.71. The Morgan fingerprint density at radius 2 is 0.576 bits per heavy atom. The summed E-state index contributed by atoms with van der Waals surface area (Å²) in [4.78, 5) is 5.41. The minimum Gasteiger partial charge on any atom is -0.310 e. The molecule has 0 aliphatic carbocycles. The second-order valence-corrected chi connectivity index (χ2v) is 27.5. The highest BCUT2D eigenvalue weighted by atomic mass is 15.2. The minimum absolute atomic E-state index is 0.269. The Balaban J connectivity index is 0.997. The molecule has 0 amide bonds. The van der Waals surface area contributed by atoms with Crippen molar-refractivity contribution in [2.24, 2.45) is 0 Å². The van der Waals surface area contributed by atoms with Crippen LogP contribution in [0.2, 0.25) is 0 Å². The van der Waals surface area contributed by atoms with Crippen molar-refractivity contribution in [2.75, 3.05) is 9.80 Å². The van der Waals surface area contributed by atoms with Crippen molar-refractivity contribution in [3.05, 3.63) is 357 Å². The minimum atomic E-state index is -0.326. The number of nitrogens with zero attached hydrogens (tertiary/aromatic N) is 4. The fraction of sp³-hybridized carbons (Fsp3) is 0.0426. The fourth-order valence-electron chi connectivity index (χ4n) is 16.4. The van der Waals surface area contributed by atoms with E-state index in [-0.39, 0.29) is 12.1 Å². The first kappa shape index (κ1) is 58.0. The first-order valence-corrected chi connectivity index (χ1v) is 34.5. The van der Waals surface area contributed by atoms with E-state index in [1.807, 2.05) is 0 Å². The quantitative estimate of drug-likeness (QED) is 0.127. The number of hydrogen-bond donors (Lipinski definition) is 0. The van der Waals surface area contributed by atoms with Crippen molar-refractivity contribution in [2.45, 2.75) is 26.2 Å². The van der Waals surface area contributed by atoms with Gasteiger partial charge in [0.1, 0.15) is 0 Å². The van der Waals surface area contributed by atoms with Crippen molar-refractivity contribution in [3.8, 4) is 78.1 Å². The molecule has 0 saturated carbocycles. The largest absolute Gasteiger partial charge is 0.310 e. The van der Waals surface area contributed by atoms with Gasteiger partial charge in [-0.25, -0.2) is 0 Å². The summed E-state index contributed by atoms with van der Waals surface area (Å²) in [6.07, 6.45) is 0. The molecule has 0 spiro atoms. The number of rotatable bonds is 10. The van der Waals surface area contributed by atoms with Crippen LogP contribution in [0.3, 0.4) is 0 Å². The molecule has 15 aromatic carbocycles. The molecular weight excluding hydrogens is 1200 g/mol. The molecule has 2 aromatic heterocycles. The van der Waals surface area contributed by atoms with E-state index in [0.717, 1.165) is 101 Å². The lowest BCUT2D eigenvalue weighted by Gasteiger charge is -2.46. The summed E-state index contributed by atoms with van der Waals surface area (Å²) in [5.41, 5.74) is 32.0. The van der Waals surface area contributed by atoms with Gasteiger partial charge < -0.3 is 18.9 Å². The van der Waals surface area contributed by atoms with Gasteiger partial charge in [0.2, 0.25) is 0 Å². The van der Waals surface area contributed by atoms with Gasteiger partial charge in [-0.1, -0.05) is 306 Å². The van der Waals surface area contributed by atoms with Crippen LogP contribution in [0.1, 0.15) is 26.3 Å². The summed E-state index contributed by atoms with van der Waals surface area (Å²) in [6.45, 7) is 6.89. The summed E-state index contributed by atoms with van der Waals surface area (Å²) < 4.78 is 5.00. The molecule has 0 saturated heterocycles. The second kappa shape index (κ2) is 23.2. The Labute approximate surface area is 577 Å². The van der Waals surface area contributed by atoms with E-state index in [1.54, 1.807) is 0 Å². The second-order valence-electron chi connectivity index (χ2n) is 27.5. The van der Waals surface area contributed by atoms with Crippen LogP contribution in [0.15, 0.2) is 352 Å². The lowest BCUT2D eigenvalue weighted by Crippen LogP contribution is -2.61. The molecule has 0 unspecified atom stereocenters. The highest BCUT2D eigenvalue weighted by molar-refractivity contribution is 7.00. The lowest BCUT2D eigenvalue weighted by molar-refractivity contribution is 0.590. The van der Waals surface area contributed by atoms with Crippen LogP contribution in [0.4, 0.5) is 34.1 Å². The molecule has 466 valence electrons. The number of hydrogen-bond acceptors (Lipinski definition) is 2. The third kappa shape index (κ3) is 9.29. The molecule has 0 bridgehead atoms. The molecule has 2 aliphatic rings. The molecule has 4 heterocycles.